The van der Waals surface area contributed by atoms with Crippen LogP contribution < -0.4 is 10.6 Å². The molecule has 2 bridgehead atoms. The standard InChI is InChI=1S/C23H31NP2/c1-19(2)24-26(22-15-9-16-23(26)18-10-17-22)25(20-11-5-3-6-12-20)21-13-7-4-8-14-21/h3-8,11-14,19,22-23H,9-10,15-18H2,1-2H3. The number of nitrogens with zero attached hydrogens (tertiary/aromatic N) is 1. The number of rotatable bonds is 4. The van der Waals surface area contributed by atoms with Crippen LogP contribution in [-0.2, 0) is 0 Å². The molecule has 26 heavy (non-hydrogen) atoms. The topological polar surface area (TPSA) is 12.4 Å². The molecule has 2 aromatic rings. The maximum Gasteiger partial charge on any atom is 0.0432 e. The second kappa shape index (κ2) is 8.00. The van der Waals surface area contributed by atoms with Gasteiger partial charge in [-0.15, -0.1) is 0 Å². The summed E-state index contributed by atoms with van der Waals surface area (Å²) in [6.45, 7) is 3.21. The molecule has 2 aliphatic rings. The molecule has 2 aliphatic heterocycles. The lowest BCUT2D eigenvalue weighted by atomic mass is 9.99. The fourth-order valence-electron chi connectivity index (χ4n) is 5.12. The van der Waals surface area contributed by atoms with Crippen molar-refractivity contribution >= 4 is 25.0 Å². The number of benzene rings is 2. The van der Waals surface area contributed by atoms with Gasteiger partial charge >= 0.3 is 0 Å². The third kappa shape index (κ3) is 3.34. The van der Waals surface area contributed by atoms with Crippen molar-refractivity contribution in [3.8, 4) is 0 Å². The summed E-state index contributed by atoms with van der Waals surface area (Å²) in [5, 5.41) is 3.12. The number of hydrogen-bond acceptors (Lipinski definition) is 1. The Hall–Kier alpha value is -0.900. The van der Waals surface area contributed by atoms with E-state index in [0.717, 1.165) is 11.3 Å². The van der Waals surface area contributed by atoms with Crippen molar-refractivity contribution in [3.63, 3.8) is 0 Å². The van der Waals surface area contributed by atoms with Crippen molar-refractivity contribution in [2.75, 3.05) is 0 Å². The minimum atomic E-state index is -1.42. The van der Waals surface area contributed by atoms with Crippen LogP contribution in [0.3, 0.4) is 0 Å². The predicted molar refractivity (Wildman–Crippen MR) is 119 cm³/mol. The molecule has 2 saturated heterocycles. The van der Waals surface area contributed by atoms with Gasteiger partial charge in [-0.1, -0.05) is 73.5 Å². The summed E-state index contributed by atoms with van der Waals surface area (Å²) < 4.78 is 5.75. The third-order valence-corrected chi connectivity index (χ3v) is 17.8. The average molecular weight is 383 g/mol. The van der Waals surface area contributed by atoms with Gasteiger partial charge in [-0.3, -0.25) is 4.74 Å². The Morgan fingerprint density at radius 2 is 1.19 bits per heavy atom. The SMILES string of the molecule is CC(C)N=P1(P(c2ccccc2)c2ccccc2)C2CCCC1CCC2. The van der Waals surface area contributed by atoms with E-state index < -0.39 is 6.74 Å². The molecular formula is C23H31NP2. The summed E-state index contributed by atoms with van der Waals surface area (Å²) in [5.41, 5.74) is 1.73. The number of fused-ring (bicyclic) bond motifs is 2. The minimum absolute atomic E-state index is 0.375. The Balaban J connectivity index is 1.97. The Morgan fingerprint density at radius 3 is 1.58 bits per heavy atom. The van der Waals surface area contributed by atoms with Gasteiger partial charge in [-0.05, 0) is 69.1 Å². The third-order valence-electron chi connectivity index (χ3n) is 5.96. The van der Waals surface area contributed by atoms with Crippen molar-refractivity contribution in [2.45, 2.75) is 69.7 Å². The molecule has 2 heterocycles. The summed E-state index contributed by atoms with van der Waals surface area (Å²) in [6.07, 6.45) is 8.52. The van der Waals surface area contributed by atoms with Crippen molar-refractivity contribution in [2.24, 2.45) is 4.74 Å². The van der Waals surface area contributed by atoms with Gasteiger partial charge in [0.25, 0.3) is 0 Å². The Labute approximate surface area is 160 Å². The molecule has 3 heteroatoms. The van der Waals surface area contributed by atoms with E-state index in [1.54, 1.807) is 10.6 Å². The van der Waals surface area contributed by atoms with E-state index in [1.807, 2.05) is 0 Å². The van der Waals surface area contributed by atoms with E-state index >= 15 is 0 Å². The fraction of sp³-hybridized carbons (Fsp3) is 0.478. The molecule has 0 spiro atoms. The molecule has 0 aliphatic carbocycles. The summed E-state index contributed by atoms with van der Waals surface area (Å²) in [5.74, 6) is 0. The van der Waals surface area contributed by atoms with E-state index in [1.165, 1.54) is 38.5 Å². The molecule has 0 radical (unpaired) electrons. The van der Waals surface area contributed by atoms with Crippen LogP contribution in [-0.4, -0.2) is 17.4 Å². The smallest absolute Gasteiger partial charge is 0.0432 e. The van der Waals surface area contributed by atoms with E-state index in [9.17, 15) is 0 Å². The molecule has 4 rings (SSSR count). The lowest BCUT2D eigenvalue weighted by Crippen LogP contribution is -2.32. The quantitative estimate of drug-likeness (QED) is 0.518. The van der Waals surface area contributed by atoms with Gasteiger partial charge in [-0.25, -0.2) is 0 Å². The predicted octanol–water partition coefficient (Wildman–Crippen LogP) is 6.75. The zero-order chi connectivity index (χ0) is 18.0. The molecule has 138 valence electrons. The Kier molecular flexibility index (Phi) is 5.68. The lowest BCUT2D eigenvalue weighted by molar-refractivity contribution is 0.475. The Morgan fingerprint density at radius 1 is 0.769 bits per heavy atom. The second-order valence-electron chi connectivity index (χ2n) is 8.06. The zero-order valence-electron chi connectivity index (χ0n) is 16.1. The van der Waals surface area contributed by atoms with Crippen LogP contribution in [0.4, 0.5) is 0 Å². The van der Waals surface area contributed by atoms with Crippen molar-refractivity contribution in [3.05, 3.63) is 60.7 Å². The molecule has 0 saturated carbocycles. The van der Waals surface area contributed by atoms with Crippen LogP contribution in [0.1, 0.15) is 52.4 Å². The largest absolute Gasteiger partial charge is 0.295 e. The van der Waals surface area contributed by atoms with Crippen LogP contribution >= 0.6 is 14.4 Å². The monoisotopic (exact) mass is 383 g/mol. The minimum Gasteiger partial charge on any atom is -0.295 e. The Bertz CT molecular complexity index is 704. The van der Waals surface area contributed by atoms with Gasteiger partial charge in [0.1, 0.15) is 0 Å². The molecule has 2 fully saturated rings. The van der Waals surface area contributed by atoms with Gasteiger partial charge in [0.2, 0.25) is 0 Å². The van der Waals surface area contributed by atoms with Crippen LogP contribution in [0.15, 0.2) is 65.4 Å². The van der Waals surface area contributed by atoms with Gasteiger partial charge in [0, 0.05) is 12.8 Å². The summed E-state index contributed by atoms with van der Waals surface area (Å²) in [7, 11) is -0.375. The fourth-order valence-corrected chi connectivity index (χ4v) is 19.1. The molecule has 0 N–H and O–H groups in total. The molecule has 0 unspecified atom stereocenters. The van der Waals surface area contributed by atoms with Gasteiger partial charge in [-0.2, -0.15) is 0 Å². The van der Waals surface area contributed by atoms with Crippen LogP contribution in [0.25, 0.3) is 0 Å². The molecule has 0 atom stereocenters. The van der Waals surface area contributed by atoms with E-state index in [0.29, 0.717) is 6.04 Å². The summed E-state index contributed by atoms with van der Waals surface area (Å²) >= 11 is 0. The van der Waals surface area contributed by atoms with Crippen molar-refractivity contribution < 1.29 is 0 Å². The van der Waals surface area contributed by atoms with Crippen molar-refractivity contribution in [1.29, 1.82) is 0 Å². The molecule has 0 amide bonds. The molecule has 0 aromatic heterocycles. The van der Waals surface area contributed by atoms with E-state index in [-0.39, 0.29) is 7.61 Å². The summed E-state index contributed by atoms with van der Waals surface area (Å²) in [6, 6.07) is 23.3. The lowest BCUT2D eigenvalue weighted by Gasteiger charge is -2.51. The second-order valence-corrected chi connectivity index (χ2v) is 15.9. The highest BCUT2D eigenvalue weighted by Crippen LogP contribution is 2.86. The van der Waals surface area contributed by atoms with Crippen molar-refractivity contribution in [1.82, 2.24) is 0 Å². The highest BCUT2D eigenvalue weighted by atomic mass is 32.1. The van der Waals surface area contributed by atoms with Crippen LogP contribution in [0.2, 0.25) is 0 Å². The first kappa shape index (κ1) is 18.5. The maximum atomic E-state index is 5.75. The highest BCUT2D eigenvalue weighted by Gasteiger charge is 2.48. The first-order valence-corrected chi connectivity index (χ1v) is 14.2. The van der Waals surface area contributed by atoms with E-state index in [2.05, 4.69) is 74.5 Å². The average Bonchev–Trinajstić information content (AvgIpc) is 2.63. The first-order chi connectivity index (χ1) is 12.7. The highest BCUT2D eigenvalue weighted by molar-refractivity contribution is 8.40. The maximum absolute atomic E-state index is 5.75. The molecule has 1 nitrogen and oxygen atoms in total. The number of hydrogen-bond donors (Lipinski definition) is 0. The molecular weight excluding hydrogens is 352 g/mol. The van der Waals surface area contributed by atoms with E-state index in [4.69, 9.17) is 4.74 Å². The van der Waals surface area contributed by atoms with Gasteiger partial charge < -0.3 is 0 Å². The van der Waals surface area contributed by atoms with Crippen LogP contribution in [0, 0.1) is 0 Å². The van der Waals surface area contributed by atoms with Crippen LogP contribution in [0.5, 0.6) is 0 Å². The van der Waals surface area contributed by atoms with Gasteiger partial charge in [0.05, 0.1) is 0 Å². The zero-order valence-corrected chi connectivity index (χ0v) is 17.9. The summed E-state index contributed by atoms with van der Waals surface area (Å²) in [4.78, 5) is 0. The van der Waals surface area contributed by atoms with Gasteiger partial charge in [0.15, 0.2) is 0 Å². The molecule has 2 aromatic carbocycles. The normalized spacial score (nSPS) is 28.3. The first-order valence-electron chi connectivity index (χ1n) is 10.2.